The first-order valence-corrected chi connectivity index (χ1v) is 4.97. The molecule has 8 heteroatoms. The van der Waals surface area contributed by atoms with E-state index < -0.39 is 5.97 Å². The Balaban J connectivity index is 2.70. The van der Waals surface area contributed by atoms with Gasteiger partial charge in [-0.15, -0.1) is 4.80 Å². The van der Waals surface area contributed by atoms with Crippen LogP contribution in [0.1, 0.15) is 10.4 Å². The summed E-state index contributed by atoms with van der Waals surface area (Å²) in [6.45, 7) is 0. The highest BCUT2D eigenvalue weighted by atomic mass is 16.5. The number of anilines is 1. The monoisotopic (exact) mass is 249 g/mol. The van der Waals surface area contributed by atoms with Gasteiger partial charge in [0.15, 0.2) is 5.69 Å². The molecule has 2 rings (SSSR count). The molecule has 94 valence electrons. The van der Waals surface area contributed by atoms with Crippen molar-refractivity contribution in [1.82, 2.24) is 20.0 Å². The highest BCUT2D eigenvalue weighted by molar-refractivity contribution is 5.95. The van der Waals surface area contributed by atoms with Gasteiger partial charge < -0.3 is 15.2 Å². The van der Waals surface area contributed by atoms with Gasteiger partial charge in [-0.3, -0.25) is 0 Å². The molecule has 2 N–H and O–H groups in total. The number of pyridine rings is 1. The minimum absolute atomic E-state index is 0.142. The van der Waals surface area contributed by atoms with Crippen LogP contribution in [0, 0.1) is 0 Å². The largest absolute Gasteiger partial charge is 0.479 e. The summed E-state index contributed by atoms with van der Waals surface area (Å²) < 4.78 is 9.77. The van der Waals surface area contributed by atoms with Crippen LogP contribution in [0.3, 0.4) is 0 Å². The number of nitrogens with zero attached hydrogens (tertiary/aromatic N) is 4. The Morgan fingerprint density at radius 1 is 1.33 bits per heavy atom. The molecule has 0 aliphatic carbocycles. The zero-order chi connectivity index (χ0) is 13.1. The molecule has 0 aliphatic heterocycles. The standard InChI is InChI=1S/C10H11N5O3/c1-17-9-8(15-12-3-4-13-15)6(10(16)18-2)5-7(11)14-9/h3-5H,1-2H3,(H2,11,14). The maximum absolute atomic E-state index is 11.7. The van der Waals surface area contributed by atoms with Crippen molar-refractivity contribution in [3.05, 3.63) is 24.0 Å². The van der Waals surface area contributed by atoms with E-state index in [1.54, 1.807) is 0 Å². The minimum Gasteiger partial charge on any atom is -0.479 e. The predicted octanol–water partition coefficient (Wildman–Crippen LogP) is 0.0397. The smallest absolute Gasteiger partial charge is 0.340 e. The Morgan fingerprint density at radius 2 is 2.00 bits per heavy atom. The summed E-state index contributed by atoms with van der Waals surface area (Å²) in [5.41, 5.74) is 6.06. The van der Waals surface area contributed by atoms with Crippen LogP contribution in [0.4, 0.5) is 5.82 Å². The summed E-state index contributed by atoms with van der Waals surface area (Å²) in [5, 5.41) is 7.88. The highest BCUT2D eigenvalue weighted by Gasteiger charge is 2.21. The molecule has 2 aromatic heterocycles. The average molecular weight is 249 g/mol. The summed E-state index contributed by atoms with van der Waals surface area (Å²) in [6, 6.07) is 1.38. The first-order valence-electron chi connectivity index (χ1n) is 4.97. The van der Waals surface area contributed by atoms with Gasteiger partial charge in [-0.2, -0.15) is 15.2 Å². The summed E-state index contributed by atoms with van der Waals surface area (Å²) >= 11 is 0. The summed E-state index contributed by atoms with van der Waals surface area (Å²) in [7, 11) is 2.68. The zero-order valence-corrected chi connectivity index (χ0v) is 9.82. The van der Waals surface area contributed by atoms with Crippen molar-refractivity contribution in [3.63, 3.8) is 0 Å². The molecule has 0 saturated carbocycles. The van der Waals surface area contributed by atoms with E-state index >= 15 is 0 Å². The number of carbonyl (C=O) groups excluding carboxylic acids is 1. The van der Waals surface area contributed by atoms with Crippen molar-refractivity contribution in [2.75, 3.05) is 20.0 Å². The number of hydrogen-bond acceptors (Lipinski definition) is 7. The minimum atomic E-state index is -0.574. The number of nitrogens with two attached hydrogens (primary N) is 1. The molecular weight excluding hydrogens is 238 g/mol. The second-order valence-corrected chi connectivity index (χ2v) is 3.26. The molecule has 8 nitrogen and oxygen atoms in total. The van der Waals surface area contributed by atoms with E-state index in [4.69, 9.17) is 10.5 Å². The first kappa shape index (κ1) is 11.8. The van der Waals surface area contributed by atoms with Gasteiger partial charge in [0, 0.05) is 0 Å². The van der Waals surface area contributed by atoms with Crippen LogP contribution in [-0.2, 0) is 4.74 Å². The van der Waals surface area contributed by atoms with Gasteiger partial charge in [0.05, 0.1) is 32.2 Å². The van der Waals surface area contributed by atoms with Crippen molar-refractivity contribution in [1.29, 1.82) is 0 Å². The summed E-state index contributed by atoms with van der Waals surface area (Å²) in [6.07, 6.45) is 2.94. The molecule has 0 amide bonds. The molecule has 18 heavy (non-hydrogen) atoms. The molecule has 0 aliphatic rings. The normalized spacial score (nSPS) is 10.1. The van der Waals surface area contributed by atoms with Gasteiger partial charge in [-0.1, -0.05) is 0 Å². The summed E-state index contributed by atoms with van der Waals surface area (Å²) in [4.78, 5) is 16.9. The SMILES string of the molecule is COC(=O)c1cc(N)nc(OC)c1-n1nccn1. The van der Waals surface area contributed by atoms with E-state index in [-0.39, 0.29) is 22.9 Å². The lowest BCUT2D eigenvalue weighted by molar-refractivity contribution is 0.0600. The number of rotatable bonds is 3. The summed E-state index contributed by atoms with van der Waals surface area (Å²) in [5.74, 6) is -0.288. The van der Waals surface area contributed by atoms with Crippen LogP contribution in [0.15, 0.2) is 18.5 Å². The lowest BCUT2D eigenvalue weighted by atomic mass is 10.2. The fourth-order valence-electron chi connectivity index (χ4n) is 1.47. The number of aromatic nitrogens is 4. The Bertz CT molecular complexity index is 567. The van der Waals surface area contributed by atoms with Crippen LogP contribution >= 0.6 is 0 Å². The predicted molar refractivity (Wildman–Crippen MR) is 61.5 cm³/mol. The molecule has 0 unspecified atom stereocenters. The van der Waals surface area contributed by atoms with Crippen LogP contribution in [0.2, 0.25) is 0 Å². The molecule has 0 radical (unpaired) electrons. The Labute approximate surface area is 102 Å². The average Bonchev–Trinajstić information content (AvgIpc) is 2.90. The van der Waals surface area contributed by atoms with Crippen LogP contribution in [-0.4, -0.2) is 40.2 Å². The molecule has 0 spiro atoms. The molecule has 2 heterocycles. The fraction of sp³-hybridized carbons (Fsp3) is 0.200. The van der Waals surface area contributed by atoms with Gasteiger partial charge >= 0.3 is 5.97 Å². The van der Waals surface area contributed by atoms with Gasteiger partial charge in [-0.05, 0) is 6.07 Å². The lowest BCUT2D eigenvalue weighted by Crippen LogP contribution is -2.13. The maximum atomic E-state index is 11.7. The third kappa shape index (κ3) is 1.95. The maximum Gasteiger partial charge on any atom is 0.340 e. The quantitative estimate of drug-likeness (QED) is 0.765. The van der Waals surface area contributed by atoms with E-state index in [9.17, 15) is 4.79 Å². The van der Waals surface area contributed by atoms with Gasteiger partial charge in [-0.25, -0.2) is 4.79 Å². The molecule has 0 fully saturated rings. The van der Waals surface area contributed by atoms with Gasteiger partial charge in [0.25, 0.3) is 0 Å². The molecule has 2 aromatic rings. The topological polar surface area (TPSA) is 105 Å². The van der Waals surface area contributed by atoms with Crippen LogP contribution in [0.25, 0.3) is 5.69 Å². The fourth-order valence-corrected chi connectivity index (χ4v) is 1.47. The molecular formula is C10H11N5O3. The second-order valence-electron chi connectivity index (χ2n) is 3.26. The lowest BCUT2D eigenvalue weighted by Gasteiger charge is -2.11. The van der Waals surface area contributed by atoms with Crippen molar-refractivity contribution >= 4 is 11.8 Å². The Morgan fingerprint density at radius 3 is 2.56 bits per heavy atom. The number of esters is 1. The molecule has 0 atom stereocenters. The van der Waals surface area contributed by atoms with Crippen molar-refractivity contribution in [3.8, 4) is 11.6 Å². The number of nitrogen functional groups attached to an aromatic ring is 1. The van der Waals surface area contributed by atoms with E-state index in [1.807, 2.05) is 0 Å². The number of ether oxygens (including phenoxy) is 2. The van der Waals surface area contributed by atoms with E-state index in [1.165, 1.54) is 37.5 Å². The third-order valence-corrected chi connectivity index (χ3v) is 2.20. The third-order valence-electron chi connectivity index (χ3n) is 2.20. The van der Waals surface area contributed by atoms with Crippen LogP contribution < -0.4 is 10.5 Å². The second kappa shape index (κ2) is 4.70. The highest BCUT2D eigenvalue weighted by Crippen LogP contribution is 2.25. The van der Waals surface area contributed by atoms with E-state index in [2.05, 4.69) is 19.9 Å². The van der Waals surface area contributed by atoms with E-state index in [0.717, 1.165) is 0 Å². The number of carbonyl (C=O) groups is 1. The number of hydrogen-bond donors (Lipinski definition) is 1. The van der Waals surface area contributed by atoms with E-state index in [0.29, 0.717) is 0 Å². The van der Waals surface area contributed by atoms with Crippen molar-refractivity contribution in [2.24, 2.45) is 0 Å². The Kier molecular flexibility index (Phi) is 3.09. The molecule has 0 bridgehead atoms. The Hall–Kier alpha value is -2.64. The zero-order valence-electron chi connectivity index (χ0n) is 9.82. The first-order chi connectivity index (χ1) is 8.67. The number of methoxy groups -OCH3 is 2. The molecule has 0 saturated heterocycles. The van der Waals surface area contributed by atoms with Crippen molar-refractivity contribution in [2.45, 2.75) is 0 Å². The van der Waals surface area contributed by atoms with Gasteiger partial charge in [0.2, 0.25) is 5.88 Å². The van der Waals surface area contributed by atoms with Crippen LogP contribution in [0.5, 0.6) is 5.88 Å². The molecule has 0 aromatic carbocycles. The van der Waals surface area contributed by atoms with Gasteiger partial charge in [0.1, 0.15) is 5.82 Å². The van der Waals surface area contributed by atoms with Crippen molar-refractivity contribution < 1.29 is 14.3 Å².